The fraction of sp³-hybridized carbons (Fsp3) is 0. The maximum absolute atomic E-state index is 10.6. The number of benzene rings is 2. The Bertz CT molecular complexity index is 548. The quantitative estimate of drug-likeness (QED) is 0.572. The van der Waals surface area contributed by atoms with Gasteiger partial charge in [-0.2, -0.15) is 10.2 Å². The van der Waals surface area contributed by atoms with Crippen molar-refractivity contribution in [3.8, 4) is 0 Å². The van der Waals surface area contributed by atoms with Crippen molar-refractivity contribution in [1.29, 1.82) is 0 Å². The third kappa shape index (κ3) is 8.57. The van der Waals surface area contributed by atoms with Crippen molar-refractivity contribution in [3.05, 3.63) is 60.2 Å². The molecule has 0 unspecified atom stereocenters. The molecule has 0 atom stereocenters. The Balaban J connectivity index is -0.000000810. The molecule has 2 aromatic carbocycles. The van der Waals surface area contributed by atoms with Crippen LogP contribution in [0.25, 0.3) is 0 Å². The summed E-state index contributed by atoms with van der Waals surface area (Å²) in [6.07, 6.45) is 0. The van der Waals surface area contributed by atoms with E-state index in [9.17, 15) is 4.79 Å². The van der Waals surface area contributed by atoms with E-state index in [0.717, 1.165) is 5.69 Å². The first-order valence-corrected chi connectivity index (χ1v) is 5.06. The van der Waals surface area contributed by atoms with E-state index in [1.165, 1.54) is 12.1 Å². The standard InChI is InChI=1S/C13H10N2O2.4Fe/c16-13(17)10-6-8-12(9-7-10)15-14-11-4-2-1-3-5-11;;;;/h1-9H,(H,16,17);;;;/b15-14+;;;;. The summed E-state index contributed by atoms with van der Waals surface area (Å²) in [6, 6.07) is 15.6. The summed E-state index contributed by atoms with van der Waals surface area (Å²) in [5.74, 6) is -0.948. The molecule has 4 nitrogen and oxygen atoms in total. The van der Waals surface area contributed by atoms with Gasteiger partial charge < -0.3 is 5.11 Å². The van der Waals surface area contributed by atoms with Crippen molar-refractivity contribution < 1.29 is 78.2 Å². The van der Waals surface area contributed by atoms with Gasteiger partial charge in [-0.1, -0.05) is 18.2 Å². The van der Waals surface area contributed by atoms with E-state index in [1.54, 1.807) is 12.1 Å². The summed E-state index contributed by atoms with van der Waals surface area (Å²) in [7, 11) is 0. The van der Waals surface area contributed by atoms with Crippen LogP contribution in [0.3, 0.4) is 0 Å². The second kappa shape index (κ2) is 13.3. The molecule has 8 heteroatoms. The Morgan fingerprint density at radius 1 is 0.714 bits per heavy atom. The van der Waals surface area contributed by atoms with E-state index in [2.05, 4.69) is 10.2 Å². The van der Waals surface area contributed by atoms with E-state index >= 15 is 0 Å². The number of carboxylic acid groups (broad SMARTS) is 1. The van der Waals surface area contributed by atoms with Crippen LogP contribution in [-0.4, -0.2) is 11.1 Å². The molecule has 0 bridgehead atoms. The largest absolute Gasteiger partial charge is 0.478 e. The van der Waals surface area contributed by atoms with E-state index < -0.39 is 5.97 Å². The van der Waals surface area contributed by atoms with Crippen molar-refractivity contribution >= 4 is 17.3 Å². The molecular weight excluding hydrogens is 440 g/mol. The second-order valence-electron chi connectivity index (χ2n) is 3.39. The maximum Gasteiger partial charge on any atom is 0.335 e. The smallest absolute Gasteiger partial charge is 0.335 e. The third-order valence-corrected chi connectivity index (χ3v) is 2.15. The molecule has 0 heterocycles. The Labute approximate surface area is 165 Å². The molecular formula is C13H10Fe4N2O2. The Morgan fingerprint density at radius 2 is 1.14 bits per heavy atom. The van der Waals surface area contributed by atoms with Crippen LogP contribution in [0.4, 0.5) is 11.4 Å². The van der Waals surface area contributed by atoms with Crippen LogP contribution in [0.2, 0.25) is 0 Å². The summed E-state index contributed by atoms with van der Waals surface area (Å²) >= 11 is 0. The molecule has 21 heavy (non-hydrogen) atoms. The predicted octanol–water partition coefficient (Wildman–Crippen LogP) is 3.79. The number of carboxylic acids is 1. The molecule has 0 aliphatic rings. The first kappa shape index (κ1) is 25.5. The zero-order valence-corrected chi connectivity index (χ0v) is 14.8. The molecule has 0 radical (unpaired) electrons. The van der Waals surface area contributed by atoms with Crippen molar-refractivity contribution in [3.63, 3.8) is 0 Å². The van der Waals surface area contributed by atoms with E-state index in [4.69, 9.17) is 5.11 Å². The molecule has 1 N–H and O–H groups in total. The van der Waals surface area contributed by atoms with Crippen molar-refractivity contribution in [2.45, 2.75) is 0 Å². The van der Waals surface area contributed by atoms with Gasteiger partial charge >= 0.3 is 5.97 Å². The Morgan fingerprint density at radius 3 is 1.57 bits per heavy atom. The van der Waals surface area contributed by atoms with Crippen LogP contribution >= 0.6 is 0 Å². The summed E-state index contributed by atoms with van der Waals surface area (Å²) in [6.45, 7) is 0. The number of azo groups is 1. The zero-order chi connectivity index (χ0) is 12.1. The van der Waals surface area contributed by atoms with Gasteiger partial charge in [0.25, 0.3) is 0 Å². The molecule has 0 fully saturated rings. The normalized spacial score (nSPS) is 8.57. The molecule has 0 spiro atoms. The SMILES string of the molecule is O=C(O)c1ccc(/N=N/c2ccccc2)cc1.[Fe].[Fe].[Fe].[Fe]. The van der Waals surface area contributed by atoms with Crippen LogP contribution in [0, 0.1) is 0 Å². The first-order chi connectivity index (χ1) is 8.25. The third-order valence-electron chi connectivity index (χ3n) is 2.15. The Kier molecular flexibility index (Phi) is 16.1. The summed E-state index contributed by atoms with van der Waals surface area (Å²) in [5.41, 5.74) is 1.62. The Hall–Kier alpha value is -0.412. The van der Waals surface area contributed by atoms with Crippen LogP contribution in [0.1, 0.15) is 10.4 Å². The maximum atomic E-state index is 10.6. The summed E-state index contributed by atoms with van der Waals surface area (Å²) in [5, 5.41) is 16.8. The molecule has 2 aromatic rings. The van der Waals surface area contributed by atoms with E-state index in [-0.39, 0.29) is 73.8 Å². The second-order valence-corrected chi connectivity index (χ2v) is 3.39. The zero-order valence-electron chi connectivity index (χ0n) is 10.4. The number of hydrogen-bond acceptors (Lipinski definition) is 3. The van der Waals surface area contributed by atoms with Gasteiger partial charge in [-0.15, -0.1) is 0 Å². The van der Waals surface area contributed by atoms with Crippen LogP contribution in [0.15, 0.2) is 64.8 Å². The molecule has 2 rings (SSSR count). The topological polar surface area (TPSA) is 62.0 Å². The van der Waals surface area contributed by atoms with Gasteiger partial charge in [0, 0.05) is 68.3 Å². The van der Waals surface area contributed by atoms with E-state index in [1.807, 2.05) is 30.3 Å². The molecule has 0 aliphatic heterocycles. The van der Waals surface area contributed by atoms with Crippen molar-refractivity contribution in [2.75, 3.05) is 0 Å². The summed E-state index contributed by atoms with van der Waals surface area (Å²) < 4.78 is 0. The number of carbonyl (C=O) groups is 1. The van der Waals surface area contributed by atoms with Crippen molar-refractivity contribution in [1.82, 2.24) is 0 Å². The molecule has 0 amide bonds. The van der Waals surface area contributed by atoms with E-state index in [0.29, 0.717) is 5.69 Å². The van der Waals surface area contributed by atoms with Gasteiger partial charge in [-0.25, -0.2) is 4.79 Å². The fourth-order valence-corrected chi connectivity index (χ4v) is 1.28. The van der Waals surface area contributed by atoms with Crippen LogP contribution in [-0.2, 0) is 68.3 Å². The molecule has 0 aliphatic carbocycles. The summed E-state index contributed by atoms with van der Waals surface area (Å²) in [4.78, 5) is 10.6. The van der Waals surface area contributed by atoms with Gasteiger partial charge in [-0.3, -0.25) is 0 Å². The number of hydrogen-bond donors (Lipinski definition) is 1. The van der Waals surface area contributed by atoms with Crippen LogP contribution in [0.5, 0.6) is 0 Å². The number of aromatic carboxylic acids is 1. The van der Waals surface area contributed by atoms with Crippen LogP contribution < -0.4 is 0 Å². The minimum Gasteiger partial charge on any atom is -0.478 e. The minimum atomic E-state index is -0.948. The van der Waals surface area contributed by atoms with Gasteiger partial charge in [0.15, 0.2) is 0 Å². The van der Waals surface area contributed by atoms with Crippen molar-refractivity contribution in [2.24, 2.45) is 10.2 Å². The first-order valence-electron chi connectivity index (χ1n) is 5.06. The molecule has 0 saturated heterocycles. The average Bonchev–Trinajstić information content (AvgIpc) is 2.38. The van der Waals surface area contributed by atoms with Gasteiger partial charge in [-0.05, 0) is 36.4 Å². The number of rotatable bonds is 3. The number of nitrogens with zero attached hydrogens (tertiary/aromatic N) is 2. The average molecular weight is 450 g/mol. The van der Waals surface area contributed by atoms with Gasteiger partial charge in [0.2, 0.25) is 0 Å². The predicted molar refractivity (Wildman–Crippen MR) is 64.0 cm³/mol. The fourth-order valence-electron chi connectivity index (χ4n) is 1.28. The van der Waals surface area contributed by atoms with Gasteiger partial charge in [0.1, 0.15) is 0 Å². The molecule has 0 aromatic heterocycles. The molecule has 116 valence electrons. The minimum absolute atomic E-state index is 0. The van der Waals surface area contributed by atoms with Gasteiger partial charge in [0.05, 0.1) is 16.9 Å². The molecule has 0 saturated carbocycles. The monoisotopic (exact) mass is 450 g/mol.